The summed E-state index contributed by atoms with van der Waals surface area (Å²) in [5.41, 5.74) is 0. The summed E-state index contributed by atoms with van der Waals surface area (Å²) in [6.45, 7) is 0.958. The van der Waals surface area contributed by atoms with Gasteiger partial charge in [-0.2, -0.15) is 0 Å². The second-order valence-corrected chi connectivity index (χ2v) is 1.58. The molecule has 1 saturated heterocycles. The molecule has 2 N–H and O–H groups in total. The van der Waals surface area contributed by atoms with Gasteiger partial charge in [0.05, 0.1) is 0 Å². The number of rotatable bonds is 0. The van der Waals surface area contributed by atoms with Gasteiger partial charge in [0.1, 0.15) is 5.84 Å². The third-order valence-corrected chi connectivity index (χ3v) is 1.04. The van der Waals surface area contributed by atoms with Gasteiger partial charge in [-0.1, -0.05) is 5.16 Å². The molecule has 0 spiro atoms. The van der Waals surface area contributed by atoms with Gasteiger partial charge in [-0.05, 0) is 6.42 Å². The molecule has 1 fully saturated rings. The highest BCUT2D eigenvalue weighted by atomic mass is 16.4. The van der Waals surface area contributed by atoms with E-state index in [0.717, 1.165) is 25.2 Å². The van der Waals surface area contributed by atoms with E-state index >= 15 is 0 Å². The largest absolute Gasteiger partial charge is 0.409 e. The molecule has 1 aliphatic rings. The Morgan fingerprint density at radius 3 is 2.86 bits per heavy atom. The third-order valence-electron chi connectivity index (χ3n) is 1.04. The summed E-state index contributed by atoms with van der Waals surface area (Å²) in [6, 6.07) is 0. The molecule has 0 aromatic carbocycles. The molecule has 1 rings (SSSR count). The molecule has 1 aliphatic heterocycles. The van der Waals surface area contributed by atoms with Crippen molar-refractivity contribution in [3.05, 3.63) is 0 Å². The minimum Gasteiger partial charge on any atom is -0.409 e. The van der Waals surface area contributed by atoms with Gasteiger partial charge in [0.2, 0.25) is 0 Å². The molecule has 0 saturated carbocycles. The fourth-order valence-corrected chi connectivity index (χ4v) is 0.662. The van der Waals surface area contributed by atoms with E-state index in [2.05, 4.69) is 10.5 Å². The smallest absolute Gasteiger partial charge is 0.141 e. The zero-order chi connectivity index (χ0) is 5.11. The normalized spacial score (nSPS) is 25.4. The molecule has 0 atom stereocenters. The lowest BCUT2D eigenvalue weighted by Gasteiger charge is -1.87. The number of nitrogens with zero attached hydrogens (tertiary/aromatic N) is 1. The molecule has 1 heterocycles. The summed E-state index contributed by atoms with van der Waals surface area (Å²) in [7, 11) is 0. The van der Waals surface area contributed by atoms with Crippen molar-refractivity contribution in [3.63, 3.8) is 0 Å². The van der Waals surface area contributed by atoms with Gasteiger partial charge in [-0.15, -0.1) is 0 Å². The molecule has 0 aromatic heterocycles. The molecule has 3 heteroatoms. The zero-order valence-corrected chi connectivity index (χ0v) is 4.02. The fourth-order valence-electron chi connectivity index (χ4n) is 0.662. The number of hydrogen-bond acceptors (Lipinski definition) is 2. The van der Waals surface area contributed by atoms with Crippen LogP contribution in [0, 0.1) is 0 Å². The average molecular weight is 100 g/mol. The second-order valence-electron chi connectivity index (χ2n) is 1.58. The number of amidine groups is 1. The first-order valence-corrected chi connectivity index (χ1v) is 2.38. The predicted octanol–water partition coefficient (Wildman–Crippen LogP) is 0.157. The van der Waals surface area contributed by atoms with Crippen LogP contribution in [0.3, 0.4) is 0 Å². The minimum atomic E-state index is 0.722. The Balaban J connectivity index is 2.41. The number of nitrogens with one attached hydrogen (secondary N) is 1. The standard InChI is InChI=1S/C4H8N2O/c7-6-4-2-1-3-5-4/h7H,1-3H2,(H,5,6). The molecule has 7 heavy (non-hydrogen) atoms. The predicted molar refractivity (Wildman–Crippen MR) is 26.5 cm³/mol. The van der Waals surface area contributed by atoms with Crippen LogP contribution < -0.4 is 5.32 Å². The molecule has 3 nitrogen and oxygen atoms in total. The van der Waals surface area contributed by atoms with Gasteiger partial charge >= 0.3 is 0 Å². The first-order valence-electron chi connectivity index (χ1n) is 2.38. The van der Waals surface area contributed by atoms with Crippen molar-refractivity contribution in [3.8, 4) is 0 Å². The van der Waals surface area contributed by atoms with Gasteiger partial charge in [0, 0.05) is 13.0 Å². The molecule has 0 aliphatic carbocycles. The summed E-state index contributed by atoms with van der Waals surface area (Å²) in [5.74, 6) is 0.722. The molecule has 0 radical (unpaired) electrons. The van der Waals surface area contributed by atoms with Gasteiger partial charge in [0.15, 0.2) is 0 Å². The SMILES string of the molecule is O/N=C1\CCCN1. The van der Waals surface area contributed by atoms with Crippen LogP contribution in [0.5, 0.6) is 0 Å². The van der Waals surface area contributed by atoms with E-state index in [1.807, 2.05) is 0 Å². The summed E-state index contributed by atoms with van der Waals surface area (Å²) in [5, 5.41) is 14.0. The van der Waals surface area contributed by atoms with Crippen molar-refractivity contribution in [2.75, 3.05) is 6.54 Å². The lowest BCUT2D eigenvalue weighted by Crippen LogP contribution is -2.13. The van der Waals surface area contributed by atoms with Gasteiger partial charge in [-0.25, -0.2) is 0 Å². The van der Waals surface area contributed by atoms with Crippen LogP contribution in [-0.2, 0) is 0 Å². The number of hydrogen-bond donors (Lipinski definition) is 2. The lowest BCUT2D eigenvalue weighted by molar-refractivity contribution is 0.316. The highest BCUT2D eigenvalue weighted by molar-refractivity contribution is 5.83. The van der Waals surface area contributed by atoms with Crippen LogP contribution in [0.15, 0.2) is 5.16 Å². The molecule has 0 bridgehead atoms. The Morgan fingerprint density at radius 1 is 1.71 bits per heavy atom. The van der Waals surface area contributed by atoms with E-state index in [-0.39, 0.29) is 0 Å². The monoisotopic (exact) mass is 100 g/mol. The summed E-state index contributed by atoms with van der Waals surface area (Å²) < 4.78 is 0. The maximum atomic E-state index is 8.09. The van der Waals surface area contributed by atoms with Crippen LogP contribution in [0.2, 0.25) is 0 Å². The van der Waals surface area contributed by atoms with Gasteiger partial charge in [0.25, 0.3) is 0 Å². The highest BCUT2D eigenvalue weighted by Crippen LogP contribution is 1.95. The van der Waals surface area contributed by atoms with Crippen LogP contribution >= 0.6 is 0 Å². The van der Waals surface area contributed by atoms with E-state index in [1.54, 1.807) is 0 Å². The van der Waals surface area contributed by atoms with E-state index in [0.29, 0.717) is 0 Å². The first kappa shape index (κ1) is 4.43. The Labute approximate surface area is 42.0 Å². The van der Waals surface area contributed by atoms with Crippen molar-refractivity contribution in [1.82, 2.24) is 5.32 Å². The quantitative estimate of drug-likeness (QED) is 0.336. The average Bonchev–Trinajstić information content (AvgIpc) is 2.14. The Morgan fingerprint density at radius 2 is 2.57 bits per heavy atom. The Bertz CT molecular complexity index is 81.7. The maximum absolute atomic E-state index is 8.09. The zero-order valence-electron chi connectivity index (χ0n) is 4.02. The topological polar surface area (TPSA) is 44.6 Å². The van der Waals surface area contributed by atoms with Crippen molar-refractivity contribution < 1.29 is 5.21 Å². The molecular formula is C4H8N2O. The molecule has 0 amide bonds. The summed E-state index contributed by atoms with van der Waals surface area (Å²) in [4.78, 5) is 0. The van der Waals surface area contributed by atoms with E-state index in [4.69, 9.17) is 5.21 Å². The van der Waals surface area contributed by atoms with Crippen molar-refractivity contribution in [1.29, 1.82) is 0 Å². The minimum absolute atomic E-state index is 0.722. The van der Waals surface area contributed by atoms with Crippen LogP contribution in [0.1, 0.15) is 12.8 Å². The third kappa shape index (κ3) is 0.824. The van der Waals surface area contributed by atoms with Crippen molar-refractivity contribution in [2.45, 2.75) is 12.8 Å². The molecule has 0 unspecified atom stereocenters. The molecule has 0 aromatic rings. The van der Waals surface area contributed by atoms with Crippen molar-refractivity contribution in [2.24, 2.45) is 5.16 Å². The summed E-state index contributed by atoms with van der Waals surface area (Å²) >= 11 is 0. The Hall–Kier alpha value is -0.730. The van der Waals surface area contributed by atoms with E-state index < -0.39 is 0 Å². The van der Waals surface area contributed by atoms with Gasteiger partial charge in [-0.3, -0.25) is 0 Å². The van der Waals surface area contributed by atoms with Gasteiger partial charge < -0.3 is 10.5 Å². The first-order chi connectivity index (χ1) is 3.43. The highest BCUT2D eigenvalue weighted by Gasteiger charge is 2.04. The Kier molecular flexibility index (Phi) is 1.15. The van der Waals surface area contributed by atoms with Crippen LogP contribution in [0.4, 0.5) is 0 Å². The van der Waals surface area contributed by atoms with Crippen LogP contribution in [-0.4, -0.2) is 17.6 Å². The van der Waals surface area contributed by atoms with Crippen molar-refractivity contribution >= 4 is 5.84 Å². The number of oxime groups is 1. The fraction of sp³-hybridized carbons (Fsp3) is 0.750. The van der Waals surface area contributed by atoms with Crippen LogP contribution in [0.25, 0.3) is 0 Å². The lowest BCUT2D eigenvalue weighted by atomic mass is 10.4. The molecular weight excluding hydrogens is 92.1 g/mol. The molecule has 40 valence electrons. The van der Waals surface area contributed by atoms with E-state index in [9.17, 15) is 0 Å². The maximum Gasteiger partial charge on any atom is 0.141 e. The van der Waals surface area contributed by atoms with E-state index in [1.165, 1.54) is 0 Å². The second kappa shape index (κ2) is 1.82. The summed E-state index contributed by atoms with van der Waals surface area (Å²) in [6.07, 6.45) is 2.00.